The van der Waals surface area contributed by atoms with Crippen LogP contribution in [0.1, 0.15) is 18.2 Å². The molecule has 2 heterocycles. The van der Waals surface area contributed by atoms with Crippen LogP contribution in [-0.2, 0) is 0 Å². The number of anilines is 1. The maximum Gasteiger partial charge on any atom is 0.223 e. The molecule has 0 aliphatic carbocycles. The molecule has 0 spiro atoms. The van der Waals surface area contributed by atoms with Crippen LogP contribution in [-0.4, -0.2) is 21.5 Å². The smallest absolute Gasteiger partial charge is 0.223 e. The normalized spacial score (nSPS) is 10.3. The molecule has 2 aromatic heterocycles. The summed E-state index contributed by atoms with van der Waals surface area (Å²) in [4.78, 5) is 13.0. The van der Waals surface area contributed by atoms with Crippen molar-refractivity contribution in [1.82, 2.24) is 15.0 Å². The van der Waals surface area contributed by atoms with Crippen LogP contribution in [0.15, 0.2) is 24.5 Å². The lowest BCUT2D eigenvalue weighted by atomic mass is 10.1. The average Bonchev–Trinajstić information content (AvgIpc) is 2.28. The molecule has 0 aromatic carbocycles. The fraction of sp³-hybridized carbons (Fsp3) is 0.308. The number of rotatable bonds is 3. The van der Waals surface area contributed by atoms with E-state index in [4.69, 9.17) is 0 Å². The van der Waals surface area contributed by atoms with Gasteiger partial charge < -0.3 is 5.32 Å². The van der Waals surface area contributed by atoms with E-state index in [0.717, 1.165) is 29.1 Å². The first-order valence-electron chi connectivity index (χ1n) is 5.70. The summed E-state index contributed by atoms with van der Waals surface area (Å²) < 4.78 is 0. The van der Waals surface area contributed by atoms with Crippen LogP contribution < -0.4 is 5.32 Å². The van der Waals surface area contributed by atoms with Crippen molar-refractivity contribution in [3.63, 3.8) is 0 Å². The Labute approximate surface area is 101 Å². The Bertz CT molecular complexity index is 523. The van der Waals surface area contributed by atoms with Gasteiger partial charge in [0.15, 0.2) is 0 Å². The highest BCUT2D eigenvalue weighted by Gasteiger charge is 2.04. The van der Waals surface area contributed by atoms with Crippen LogP contribution in [0.25, 0.3) is 11.3 Å². The van der Waals surface area contributed by atoms with E-state index in [0.29, 0.717) is 5.95 Å². The molecule has 0 saturated carbocycles. The minimum atomic E-state index is 0.670. The first-order valence-corrected chi connectivity index (χ1v) is 5.70. The molecule has 0 aliphatic rings. The van der Waals surface area contributed by atoms with Gasteiger partial charge in [-0.05, 0) is 38.5 Å². The highest BCUT2D eigenvalue weighted by molar-refractivity contribution is 5.60. The molecule has 88 valence electrons. The lowest BCUT2D eigenvalue weighted by Gasteiger charge is -2.06. The molecule has 1 N–H and O–H groups in total. The zero-order valence-corrected chi connectivity index (χ0v) is 10.4. The second kappa shape index (κ2) is 4.91. The van der Waals surface area contributed by atoms with Gasteiger partial charge in [0.1, 0.15) is 0 Å². The van der Waals surface area contributed by atoms with Crippen molar-refractivity contribution in [3.8, 4) is 11.3 Å². The molecule has 4 nitrogen and oxygen atoms in total. The molecule has 0 radical (unpaired) electrons. The number of nitrogens with zero attached hydrogens (tertiary/aromatic N) is 3. The Morgan fingerprint density at radius 3 is 2.65 bits per heavy atom. The molecule has 17 heavy (non-hydrogen) atoms. The lowest BCUT2D eigenvalue weighted by Crippen LogP contribution is -2.04. The van der Waals surface area contributed by atoms with Crippen molar-refractivity contribution in [2.75, 3.05) is 11.9 Å². The predicted octanol–water partition coefficient (Wildman–Crippen LogP) is 2.59. The second-order valence-electron chi connectivity index (χ2n) is 4.00. The third-order valence-electron chi connectivity index (χ3n) is 2.36. The van der Waals surface area contributed by atoms with Gasteiger partial charge in [0.25, 0.3) is 0 Å². The van der Waals surface area contributed by atoms with Crippen LogP contribution in [0.5, 0.6) is 0 Å². The van der Waals surface area contributed by atoms with E-state index in [1.165, 1.54) is 0 Å². The van der Waals surface area contributed by atoms with Gasteiger partial charge in [0.05, 0.1) is 5.69 Å². The van der Waals surface area contributed by atoms with Crippen LogP contribution in [0.3, 0.4) is 0 Å². The Hall–Kier alpha value is -1.97. The summed E-state index contributed by atoms with van der Waals surface area (Å²) in [5.74, 6) is 0.670. The summed E-state index contributed by atoms with van der Waals surface area (Å²) in [7, 11) is 0. The van der Waals surface area contributed by atoms with E-state index in [9.17, 15) is 0 Å². The molecule has 0 unspecified atom stereocenters. The molecule has 2 aromatic rings. The second-order valence-corrected chi connectivity index (χ2v) is 4.00. The van der Waals surface area contributed by atoms with Crippen molar-refractivity contribution >= 4 is 5.95 Å². The van der Waals surface area contributed by atoms with Crippen LogP contribution in [0.2, 0.25) is 0 Å². The largest absolute Gasteiger partial charge is 0.354 e. The molecular weight excluding hydrogens is 212 g/mol. The molecule has 0 atom stereocenters. The van der Waals surface area contributed by atoms with Gasteiger partial charge in [0, 0.05) is 30.2 Å². The van der Waals surface area contributed by atoms with Crippen LogP contribution in [0, 0.1) is 13.8 Å². The zero-order chi connectivity index (χ0) is 12.3. The quantitative estimate of drug-likeness (QED) is 0.877. The van der Waals surface area contributed by atoms with E-state index in [1.807, 2.05) is 39.2 Å². The fourth-order valence-corrected chi connectivity index (χ4v) is 1.65. The molecular formula is C13H16N4. The predicted molar refractivity (Wildman–Crippen MR) is 68.9 cm³/mol. The molecule has 0 saturated heterocycles. The molecule has 0 fully saturated rings. The first kappa shape index (κ1) is 11.5. The van der Waals surface area contributed by atoms with Crippen molar-refractivity contribution in [2.45, 2.75) is 20.8 Å². The number of hydrogen-bond donors (Lipinski definition) is 1. The van der Waals surface area contributed by atoms with Crippen LogP contribution in [0.4, 0.5) is 5.95 Å². The van der Waals surface area contributed by atoms with E-state index < -0.39 is 0 Å². The molecule has 0 bridgehead atoms. The minimum Gasteiger partial charge on any atom is -0.354 e. The van der Waals surface area contributed by atoms with Crippen molar-refractivity contribution in [3.05, 3.63) is 35.8 Å². The molecule has 2 rings (SSSR count). The maximum absolute atomic E-state index is 4.47. The maximum atomic E-state index is 4.47. The standard InChI is InChI=1S/C13H16N4/c1-4-15-13-16-10(3)6-12(17-13)11-5-9(2)7-14-8-11/h5-8H,4H2,1-3H3,(H,15,16,17). The van der Waals surface area contributed by atoms with Gasteiger partial charge >= 0.3 is 0 Å². The van der Waals surface area contributed by atoms with Crippen LogP contribution >= 0.6 is 0 Å². The monoisotopic (exact) mass is 228 g/mol. The summed E-state index contributed by atoms with van der Waals surface area (Å²) in [6.07, 6.45) is 3.66. The third kappa shape index (κ3) is 2.78. The first-order chi connectivity index (χ1) is 8.19. The molecule has 4 heteroatoms. The van der Waals surface area contributed by atoms with Gasteiger partial charge in [-0.1, -0.05) is 0 Å². The summed E-state index contributed by atoms with van der Waals surface area (Å²) in [6, 6.07) is 4.04. The van der Waals surface area contributed by atoms with Crippen molar-refractivity contribution in [2.24, 2.45) is 0 Å². The summed E-state index contributed by atoms with van der Waals surface area (Å²) in [5, 5.41) is 3.13. The Kier molecular flexibility index (Phi) is 3.32. The number of aryl methyl sites for hydroxylation is 2. The topological polar surface area (TPSA) is 50.7 Å². The van der Waals surface area contributed by atoms with E-state index in [2.05, 4.69) is 26.3 Å². The van der Waals surface area contributed by atoms with E-state index in [-0.39, 0.29) is 0 Å². The van der Waals surface area contributed by atoms with Gasteiger partial charge in [-0.2, -0.15) is 0 Å². The third-order valence-corrected chi connectivity index (χ3v) is 2.36. The summed E-state index contributed by atoms with van der Waals surface area (Å²) in [6.45, 7) is 6.83. The summed E-state index contributed by atoms with van der Waals surface area (Å²) in [5.41, 5.74) is 4.01. The fourth-order valence-electron chi connectivity index (χ4n) is 1.65. The average molecular weight is 228 g/mol. The van der Waals surface area contributed by atoms with Gasteiger partial charge in [0.2, 0.25) is 5.95 Å². The minimum absolute atomic E-state index is 0.670. The zero-order valence-electron chi connectivity index (χ0n) is 10.4. The van der Waals surface area contributed by atoms with Gasteiger partial charge in [-0.3, -0.25) is 4.98 Å². The highest BCUT2D eigenvalue weighted by atomic mass is 15.1. The Morgan fingerprint density at radius 1 is 1.12 bits per heavy atom. The van der Waals surface area contributed by atoms with Gasteiger partial charge in [-0.25, -0.2) is 9.97 Å². The van der Waals surface area contributed by atoms with E-state index in [1.54, 1.807) is 0 Å². The lowest BCUT2D eigenvalue weighted by molar-refractivity contribution is 1.05. The Balaban J connectivity index is 2.44. The van der Waals surface area contributed by atoms with Crippen molar-refractivity contribution in [1.29, 1.82) is 0 Å². The van der Waals surface area contributed by atoms with E-state index >= 15 is 0 Å². The van der Waals surface area contributed by atoms with Crippen molar-refractivity contribution < 1.29 is 0 Å². The number of nitrogens with one attached hydrogen (secondary N) is 1. The number of pyridine rings is 1. The Morgan fingerprint density at radius 2 is 1.94 bits per heavy atom. The molecule has 0 aliphatic heterocycles. The SMILES string of the molecule is CCNc1nc(C)cc(-c2cncc(C)c2)n1. The summed E-state index contributed by atoms with van der Waals surface area (Å²) >= 11 is 0. The number of aromatic nitrogens is 3. The van der Waals surface area contributed by atoms with Gasteiger partial charge in [-0.15, -0.1) is 0 Å². The highest BCUT2D eigenvalue weighted by Crippen LogP contribution is 2.19. The molecule has 0 amide bonds. The number of hydrogen-bond acceptors (Lipinski definition) is 4.